The molecule has 0 spiro atoms. The predicted molar refractivity (Wildman–Crippen MR) is 131 cm³/mol. The fraction of sp³-hybridized carbons (Fsp3) is 0.192. The number of rotatable bonds is 9. The lowest BCUT2D eigenvalue weighted by Gasteiger charge is -2.07. The number of nitrogens with zero attached hydrogens (tertiary/aromatic N) is 3. The molecule has 0 radical (unpaired) electrons. The molecule has 0 atom stereocenters. The van der Waals surface area contributed by atoms with E-state index in [9.17, 15) is 14.7 Å². The molecule has 180 valence electrons. The Labute approximate surface area is 202 Å². The number of carbonyl (C=O) groups excluding carboxylic acids is 2. The van der Waals surface area contributed by atoms with E-state index < -0.39 is 11.9 Å². The molecule has 0 aliphatic rings. The molecular weight excluding hydrogens is 450 g/mol. The van der Waals surface area contributed by atoms with Crippen LogP contribution in [0.15, 0.2) is 75.9 Å². The van der Waals surface area contributed by atoms with Gasteiger partial charge in [-0.1, -0.05) is 0 Å². The summed E-state index contributed by atoms with van der Waals surface area (Å²) >= 11 is 0. The van der Waals surface area contributed by atoms with E-state index in [2.05, 4.69) is 15.2 Å². The number of aliphatic imine (C=N–C) groups is 1. The van der Waals surface area contributed by atoms with E-state index in [-0.39, 0.29) is 30.1 Å². The Balaban J connectivity index is 1.88. The number of hydrogen-bond acceptors (Lipinski definition) is 9. The van der Waals surface area contributed by atoms with Crippen molar-refractivity contribution >= 4 is 35.2 Å². The molecule has 35 heavy (non-hydrogen) atoms. The normalized spacial score (nSPS) is 11.1. The maximum atomic E-state index is 12.2. The number of phenolic OH excluding ortho intramolecular Hbond substituents is 1. The van der Waals surface area contributed by atoms with Crippen molar-refractivity contribution in [2.45, 2.75) is 13.8 Å². The first-order valence-corrected chi connectivity index (χ1v) is 10.9. The van der Waals surface area contributed by atoms with E-state index in [1.165, 1.54) is 30.5 Å². The van der Waals surface area contributed by atoms with Crippen LogP contribution in [0.4, 0.5) is 17.1 Å². The first-order chi connectivity index (χ1) is 16.9. The Morgan fingerprint density at radius 3 is 1.94 bits per heavy atom. The van der Waals surface area contributed by atoms with E-state index in [1.54, 1.807) is 57.4 Å². The van der Waals surface area contributed by atoms with Crippen LogP contribution >= 0.6 is 0 Å². The molecule has 1 N–H and O–H groups in total. The van der Waals surface area contributed by atoms with Crippen LogP contribution in [0.2, 0.25) is 0 Å². The third kappa shape index (κ3) is 6.97. The zero-order valence-electron chi connectivity index (χ0n) is 19.6. The van der Waals surface area contributed by atoms with E-state index in [1.807, 2.05) is 0 Å². The maximum absolute atomic E-state index is 12.2. The van der Waals surface area contributed by atoms with E-state index in [0.717, 1.165) is 0 Å². The van der Waals surface area contributed by atoms with Crippen LogP contribution < -0.4 is 4.74 Å². The number of aromatic hydroxyl groups is 1. The lowest BCUT2D eigenvalue weighted by atomic mass is 10.1. The van der Waals surface area contributed by atoms with Crippen molar-refractivity contribution in [2.75, 3.05) is 20.3 Å². The molecule has 3 rings (SSSR count). The fourth-order valence-electron chi connectivity index (χ4n) is 2.97. The second-order valence-corrected chi connectivity index (χ2v) is 7.11. The zero-order valence-corrected chi connectivity index (χ0v) is 19.6. The maximum Gasteiger partial charge on any atom is 0.338 e. The minimum Gasteiger partial charge on any atom is -0.507 e. The second-order valence-electron chi connectivity index (χ2n) is 7.11. The highest BCUT2D eigenvalue weighted by Crippen LogP contribution is 2.26. The smallest absolute Gasteiger partial charge is 0.338 e. The number of methoxy groups -OCH3 is 1. The Morgan fingerprint density at radius 1 is 0.800 bits per heavy atom. The minimum atomic E-state index is -0.584. The second kappa shape index (κ2) is 12.1. The van der Waals surface area contributed by atoms with Gasteiger partial charge in [0.1, 0.15) is 11.5 Å². The minimum absolute atomic E-state index is 0.0238. The molecule has 9 heteroatoms. The van der Waals surface area contributed by atoms with Crippen molar-refractivity contribution < 1.29 is 28.9 Å². The van der Waals surface area contributed by atoms with Gasteiger partial charge in [0.2, 0.25) is 0 Å². The van der Waals surface area contributed by atoms with Crippen LogP contribution in [0, 0.1) is 0 Å². The Bertz CT molecular complexity index is 1220. The van der Waals surface area contributed by atoms with Gasteiger partial charge in [-0.25, -0.2) is 9.59 Å². The Hall–Kier alpha value is -4.53. The summed E-state index contributed by atoms with van der Waals surface area (Å²) in [5.41, 5.74) is 2.13. The molecule has 0 aliphatic heterocycles. The lowest BCUT2D eigenvalue weighted by molar-refractivity contribution is 0.0525. The SMILES string of the molecule is CCOC(=O)c1cc(N=Cc2cc(N=Nc3ccc(OC)cc3)ccc2O)cc(C(=O)OCC)c1. The monoisotopic (exact) mass is 475 g/mol. The number of ether oxygens (including phenoxy) is 3. The van der Waals surface area contributed by atoms with Gasteiger partial charge in [0.15, 0.2) is 0 Å². The molecule has 9 nitrogen and oxygen atoms in total. The van der Waals surface area contributed by atoms with Crippen molar-refractivity contribution in [1.82, 2.24) is 0 Å². The van der Waals surface area contributed by atoms with Crippen LogP contribution in [-0.4, -0.2) is 43.6 Å². The molecule has 0 aromatic heterocycles. The summed E-state index contributed by atoms with van der Waals surface area (Å²) in [4.78, 5) is 28.8. The van der Waals surface area contributed by atoms with Crippen LogP contribution in [0.25, 0.3) is 0 Å². The molecule has 0 saturated carbocycles. The molecule has 0 saturated heterocycles. The van der Waals surface area contributed by atoms with Gasteiger partial charge in [0.05, 0.1) is 48.5 Å². The van der Waals surface area contributed by atoms with Crippen molar-refractivity contribution in [1.29, 1.82) is 0 Å². The van der Waals surface area contributed by atoms with Crippen molar-refractivity contribution in [2.24, 2.45) is 15.2 Å². The van der Waals surface area contributed by atoms with Gasteiger partial charge in [-0.15, -0.1) is 0 Å². The summed E-state index contributed by atoms with van der Waals surface area (Å²) < 4.78 is 15.2. The van der Waals surface area contributed by atoms with Gasteiger partial charge in [-0.05, 0) is 74.5 Å². The third-order valence-electron chi connectivity index (χ3n) is 4.66. The van der Waals surface area contributed by atoms with Gasteiger partial charge in [0, 0.05) is 11.8 Å². The Kier molecular flexibility index (Phi) is 8.66. The van der Waals surface area contributed by atoms with Gasteiger partial charge in [0.25, 0.3) is 0 Å². The van der Waals surface area contributed by atoms with Crippen molar-refractivity contribution in [3.8, 4) is 11.5 Å². The molecule has 0 bridgehead atoms. The van der Waals surface area contributed by atoms with E-state index in [0.29, 0.717) is 28.4 Å². The standard InChI is InChI=1S/C26H25N3O6/c1-4-34-25(31)17-12-18(26(32)35-5-2)14-22(13-17)27-16-19-15-21(8-11-24(19)30)29-28-20-6-9-23(33-3)10-7-20/h6-16,30H,4-5H2,1-3H3. The quantitative estimate of drug-likeness (QED) is 0.233. The number of phenols is 1. The van der Waals surface area contributed by atoms with Crippen molar-refractivity contribution in [3.05, 3.63) is 77.4 Å². The van der Waals surface area contributed by atoms with Gasteiger partial charge >= 0.3 is 11.9 Å². The van der Waals surface area contributed by atoms with Crippen LogP contribution in [0.5, 0.6) is 11.5 Å². The van der Waals surface area contributed by atoms with Crippen LogP contribution in [0.3, 0.4) is 0 Å². The fourth-order valence-corrected chi connectivity index (χ4v) is 2.97. The highest BCUT2D eigenvalue weighted by Gasteiger charge is 2.14. The largest absolute Gasteiger partial charge is 0.507 e. The summed E-state index contributed by atoms with van der Waals surface area (Å²) in [6.45, 7) is 3.75. The number of benzene rings is 3. The summed E-state index contributed by atoms with van der Waals surface area (Å²) in [6, 6.07) is 16.1. The summed E-state index contributed by atoms with van der Waals surface area (Å²) in [7, 11) is 1.58. The molecular formula is C26H25N3O6. The first-order valence-electron chi connectivity index (χ1n) is 10.9. The molecule has 0 aliphatic carbocycles. The number of esters is 2. The lowest BCUT2D eigenvalue weighted by Crippen LogP contribution is -2.09. The van der Waals surface area contributed by atoms with E-state index in [4.69, 9.17) is 14.2 Å². The first kappa shape index (κ1) is 25.1. The molecule has 0 amide bonds. The zero-order chi connectivity index (χ0) is 25.2. The average Bonchev–Trinajstić information content (AvgIpc) is 2.87. The highest BCUT2D eigenvalue weighted by molar-refractivity contribution is 5.97. The summed E-state index contributed by atoms with van der Waals surface area (Å²) in [5.74, 6) is -0.479. The predicted octanol–water partition coefficient (Wildman–Crippen LogP) is 5.92. The molecule has 3 aromatic carbocycles. The number of hydrogen-bond donors (Lipinski definition) is 1. The third-order valence-corrected chi connectivity index (χ3v) is 4.66. The molecule has 3 aromatic rings. The number of carbonyl (C=O) groups is 2. The van der Waals surface area contributed by atoms with Crippen molar-refractivity contribution in [3.63, 3.8) is 0 Å². The molecule has 0 unspecified atom stereocenters. The van der Waals surface area contributed by atoms with Crippen LogP contribution in [-0.2, 0) is 9.47 Å². The van der Waals surface area contributed by atoms with Gasteiger partial charge < -0.3 is 19.3 Å². The van der Waals surface area contributed by atoms with Gasteiger partial charge in [-0.2, -0.15) is 10.2 Å². The highest BCUT2D eigenvalue weighted by atomic mass is 16.5. The Morgan fingerprint density at radius 2 is 1.37 bits per heavy atom. The average molecular weight is 476 g/mol. The van der Waals surface area contributed by atoms with Gasteiger partial charge in [-0.3, -0.25) is 4.99 Å². The number of azo groups is 1. The summed E-state index contributed by atoms with van der Waals surface area (Å²) in [6.07, 6.45) is 1.40. The van der Waals surface area contributed by atoms with Crippen LogP contribution in [0.1, 0.15) is 40.1 Å². The molecule has 0 fully saturated rings. The summed E-state index contributed by atoms with van der Waals surface area (Å²) in [5, 5.41) is 18.6. The molecule has 0 heterocycles. The van der Waals surface area contributed by atoms with E-state index >= 15 is 0 Å². The topological polar surface area (TPSA) is 119 Å².